The lowest BCUT2D eigenvalue weighted by molar-refractivity contribution is 0.128. The summed E-state index contributed by atoms with van der Waals surface area (Å²) in [7, 11) is 1.62. The van der Waals surface area contributed by atoms with E-state index in [0.717, 1.165) is 0 Å². The first-order chi connectivity index (χ1) is 6.12. The molecule has 2 atom stereocenters. The molecule has 0 saturated heterocycles. The van der Waals surface area contributed by atoms with Crippen LogP contribution in [0.25, 0.3) is 0 Å². The summed E-state index contributed by atoms with van der Waals surface area (Å²) in [6, 6.07) is 0. The highest BCUT2D eigenvalue weighted by Crippen LogP contribution is 2.32. The van der Waals surface area contributed by atoms with Crippen LogP contribution in [0.1, 0.15) is 6.92 Å². The molecule has 0 fully saturated rings. The molecule has 1 nitrogen and oxygen atoms in total. The average molecular weight is 219 g/mol. The number of allylic oxidation sites excluding steroid dienone is 3. The zero-order chi connectivity index (χ0) is 9.90. The number of halogens is 2. The molecule has 0 radical (unpaired) electrons. The van der Waals surface area contributed by atoms with Crippen molar-refractivity contribution in [3.63, 3.8) is 0 Å². The van der Waals surface area contributed by atoms with Crippen LogP contribution in [0.5, 0.6) is 0 Å². The summed E-state index contributed by atoms with van der Waals surface area (Å²) in [5, 5.41) is 0.660. The van der Waals surface area contributed by atoms with Crippen molar-refractivity contribution in [2.45, 2.75) is 17.9 Å². The minimum Gasteiger partial charge on any atom is -0.375 e. The summed E-state index contributed by atoms with van der Waals surface area (Å²) in [6.45, 7) is 1.92. The molecular formula is C10H12Cl2O. The highest BCUT2D eigenvalue weighted by atomic mass is 35.5. The molecule has 0 amide bonds. The Morgan fingerprint density at radius 1 is 1.62 bits per heavy atom. The maximum absolute atomic E-state index is 6.30. The highest BCUT2D eigenvalue weighted by Gasteiger charge is 2.32. The van der Waals surface area contributed by atoms with Crippen molar-refractivity contribution in [3.8, 4) is 0 Å². The van der Waals surface area contributed by atoms with E-state index in [1.807, 2.05) is 25.2 Å². The zero-order valence-electron chi connectivity index (χ0n) is 7.63. The van der Waals surface area contributed by atoms with Gasteiger partial charge in [-0.2, -0.15) is 0 Å². The Morgan fingerprint density at radius 2 is 2.31 bits per heavy atom. The summed E-state index contributed by atoms with van der Waals surface area (Å²) in [5.74, 6) is 0. The SMILES string of the molecule is CC=CC1(Cl)C=CC(Cl)=CC1OC. The van der Waals surface area contributed by atoms with E-state index in [9.17, 15) is 0 Å². The summed E-state index contributed by atoms with van der Waals surface area (Å²) in [5.41, 5.74) is 0. The third-order valence-corrected chi connectivity index (χ3v) is 2.64. The Labute approximate surface area is 88.7 Å². The van der Waals surface area contributed by atoms with Gasteiger partial charge in [-0.15, -0.1) is 11.6 Å². The second kappa shape index (κ2) is 4.32. The molecular weight excluding hydrogens is 207 g/mol. The molecule has 0 spiro atoms. The predicted octanol–water partition coefficient (Wildman–Crippen LogP) is 3.25. The molecule has 1 aliphatic carbocycles. The van der Waals surface area contributed by atoms with Gasteiger partial charge in [-0.25, -0.2) is 0 Å². The van der Waals surface area contributed by atoms with E-state index < -0.39 is 4.87 Å². The smallest absolute Gasteiger partial charge is 0.111 e. The minimum atomic E-state index is -0.595. The third-order valence-electron chi connectivity index (χ3n) is 1.92. The number of alkyl halides is 1. The topological polar surface area (TPSA) is 9.23 Å². The average Bonchev–Trinajstić information content (AvgIpc) is 2.10. The van der Waals surface area contributed by atoms with Gasteiger partial charge in [0.2, 0.25) is 0 Å². The van der Waals surface area contributed by atoms with Crippen molar-refractivity contribution in [1.29, 1.82) is 0 Å². The van der Waals surface area contributed by atoms with Gasteiger partial charge in [-0.3, -0.25) is 0 Å². The van der Waals surface area contributed by atoms with Crippen LogP contribution in [0.3, 0.4) is 0 Å². The van der Waals surface area contributed by atoms with Gasteiger partial charge in [0.1, 0.15) is 11.0 Å². The predicted molar refractivity (Wildman–Crippen MR) is 57.3 cm³/mol. The molecule has 1 rings (SSSR count). The molecule has 0 saturated carbocycles. The fraction of sp³-hybridized carbons (Fsp3) is 0.400. The molecule has 0 bridgehead atoms. The fourth-order valence-electron chi connectivity index (χ4n) is 1.28. The molecule has 1 aliphatic rings. The van der Waals surface area contributed by atoms with Gasteiger partial charge in [0, 0.05) is 12.1 Å². The maximum atomic E-state index is 6.30. The van der Waals surface area contributed by atoms with Gasteiger partial charge < -0.3 is 4.74 Å². The van der Waals surface area contributed by atoms with Gasteiger partial charge >= 0.3 is 0 Å². The Kier molecular flexibility index (Phi) is 3.60. The Morgan fingerprint density at radius 3 is 2.85 bits per heavy atom. The van der Waals surface area contributed by atoms with E-state index >= 15 is 0 Å². The molecule has 0 aromatic heterocycles. The Bertz CT molecular complexity index is 268. The largest absolute Gasteiger partial charge is 0.375 e. The van der Waals surface area contributed by atoms with E-state index in [2.05, 4.69) is 0 Å². The van der Waals surface area contributed by atoms with E-state index in [4.69, 9.17) is 27.9 Å². The van der Waals surface area contributed by atoms with Crippen molar-refractivity contribution >= 4 is 23.2 Å². The minimum absolute atomic E-state index is 0.206. The van der Waals surface area contributed by atoms with Gasteiger partial charge in [0.15, 0.2) is 0 Å². The van der Waals surface area contributed by atoms with E-state index in [1.54, 1.807) is 19.3 Å². The van der Waals surface area contributed by atoms with Crippen molar-refractivity contribution in [3.05, 3.63) is 35.4 Å². The molecule has 0 heterocycles. The summed E-state index contributed by atoms with van der Waals surface area (Å²) < 4.78 is 5.23. The number of ether oxygens (including phenoxy) is 1. The molecule has 0 N–H and O–H groups in total. The fourth-order valence-corrected chi connectivity index (χ4v) is 1.80. The zero-order valence-corrected chi connectivity index (χ0v) is 9.14. The van der Waals surface area contributed by atoms with Gasteiger partial charge in [0.05, 0.1) is 0 Å². The van der Waals surface area contributed by atoms with E-state index in [1.165, 1.54) is 0 Å². The third kappa shape index (κ3) is 2.37. The van der Waals surface area contributed by atoms with Crippen LogP contribution in [0, 0.1) is 0 Å². The van der Waals surface area contributed by atoms with Crippen LogP contribution in [-0.2, 0) is 4.74 Å². The molecule has 0 aliphatic heterocycles. The first kappa shape index (κ1) is 10.8. The Balaban J connectivity index is 2.94. The maximum Gasteiger partial charge on any atom is 0.111 e. The van der Waals surface area contributed by atoms with E-state index in [-0.39, 0.29) is 6.10 Å². The summed E-state index contributed by atoms with van der Waals surface area (Å²) >= 11 is 12.1. The molecule has 0 aromatic carbocycles. The summed E-state index contributed by atoms with van der Waals surface area (Å²) in [6.07, 6.45) is 9.00. The van der Waals surface area contributed by atoms with Crippen LogP contribution in [0.15, 0.2) is 35.4 Å². The molecule has 72 valence electrons. The highest BCUT2D eigenvalue weighted by molar-refractivity contribution is 6.32. The second-order valence-corrected chi connectivity index (χ2v) is 3.96. The van der Waals surface area contributed by atoms with Crippen molar-refractivity contribution < 1.29 is 4.74 Å². The second-order valence-electron chi connectivity index (χ2n) is 2.87. The van der Waals surface area contributed by atoms with Crippen molar-refractivity contribution in [2.24, 2.45) is 0 Å². The monoisotopic (exact) mass is 218 g/mol. The molecule has 0 aromatic rings. The van der Waals surface area contributed by atoms with Gasteiger partial charge in [0.25, 0.3) is 0 Å². The van der Waals surface area contributed by atoms with Gasteiger partial charge in [-0.1, -0.05) is 29.8 Å². The van der Waals surface area contributed by atoms with Crippen LogP contribution in [0.4, 0.5) is 0 Å². The number of methoxy groups -OCH3 is 1. The molecule has 3 heteroatoms. The van der Waals surface area contributed by atoms with Crippen LogP contribution in [-0.4, -0.2) is 18.1 Å². The summed E-state index contributed by atoms with van der Waals surface area (Å²) in [4.78, 5) is -0.595. The van der Waals surface area contributed by atoms with E-state index in [0.29, 0.717) is 5.03 Å². The van der Waals surface area contributed by atoms with Gasteiger partial charge in [-0.05, 0) is 19.1 Å². The standard InChI is InChI=1S/C10H12Cl2O/c1-3-5-10(12)6-4-8(11)7-9(10)13-2/h3-7,9H,1-2H3. The van der Waals surface area contributed by atoms with Crippen LogP contribution in [0.2, 0.25) is 0 Å². The number of hydrogen-bond acceptors (Lipinski definition) is 1. The van der Waals surface area contributed by atoms with Crippen molar-refractivity contribution in [1.82, 2.24) is 0 Å². The lowest BCUT2D eigenvalue weighted by Gasteiger charge is -2.29. The van der Waals surface area contributed by atoms with Crippen LogP contribution >= 0.6 is 23.2 Å². The normalized spacial score (nSPS) is 33.8. The Hall–Kier alpha value is -0.240. The molecule has 13 heavy (non-hydrogen) atoms. The lowest BCUT2D eigenvalue weighted by atomic mass is 9.96. The lowest BCUT2D eigenvalue weighted by Crippen LogP contribution is -2.34. The van der Waals surface area contributed by atoms with Crippen molar-refractivity contribution in [2.75, 3.05) is 7.11 Å². The number of hydrogen-bond donors (Lipinski definition) is 0. The molecule has 2 unspecified atom stereocenters. The quantitative estimate of drug-likeness (QED) is 0.511. The first-order valence-electron chi connectivity index (χ1n) is 4.04. The number of rotatable bonds is 2. The first-order valence-corrected chi connectivity index (χ1v) is 4.80. The van der Waals surface area contributed by atoms with Crippen LogP contribution < -0.4 is 0 Å².